The molecule has 0 spiro atoms. The summed E-state index contributed by atoms with van der Waals surface area (Å²) >= 11 is 0. The van der Waals surface area contributed by atoms with Crippen LogP contribution in [0.1, 0.15) is 38.5 Å². The van der Waals surface area contributed by atoms with Crippen molar-refractivity contribution in [3.05, 3.63) is 47.1 Å². The fourth-order valence-electron chi connectivity index (χ4n) is 3.49. The van der Waals surface area contributed by atoms with Crippen LogP contribution in [-0.4, -0.2) is 30.5 Å². The van der Waals surface area contributed by atoms with E-state index in [-0.39, 0.29) is 43.1 Å². The van der Waals surface area contributed by atoms with Crippen LogP contribution in [-0.2, 0) is 14.3 Å². The molecule has 2 unspecified atom stereocenters. The Bertz CT molecular complexity index is 710. The Kier molecular flexibility index (Phi) is 5.61. The minimum absolute atomic E-state index is 0.0150. The second-order valence-electron chi connectivity index (χ2n) is 6.83. The number of carbonyl (C=O) groups excluding carboxylic acids is 2. The minimum Gasteiger partial charge on any atom is -0.374 e. The lowest BCUT2D eigenvalue weighted by atomic mass is 9.86. The third-order valence-corrected chi connectivity index (χ3v) is 4.98. The van der Waals surface area contributed by atoms with Crippen LogP contribution in [0, 0.1) is 5.92 Å². The first-order valence-corrected chi connectivity index (χ1v) is 8.90. The summed E-state index contributed by atoms with van der Waals surface area (Å²) in [4.78, 5) is 24.5. The highest BCUT2D eigenvalue weighted by atomic mass is 19.4. The number of ether oxygens (including phenoxy) is 1. The summed E-state index contributed by atoms with van der Waals surface area (Å²) in [6.07, 6.45) is 5.46. The molecule has 0 aromatic heterocycles. The van der Waals surface area contributed by atoms with E-state index in [2.05, 4.69) is 0 Å². The van der Waals surface area contributed by atoms with Gasteiger partial charge in [-0.2, -0.15) is 13.2 Å². The summed E-state index contributed by atoms with van der Waals surface area (Å²) in [7, 11) is 0. The molecule has 0 radical (unpaired) electrons. The quantitative estimate of drug-likeness (QED) is 0.724. The van der Waals surface area contributed by atoms with E-state index in [0.717, 1.165) is 18.9 Å². The first-order valence-electron chi connectivity index (χ1n) is 8.90. The van der Waals surface area contributed by atoms with E-state index < -0.39 is 17.5 Å². The van der Waals surface area contributed by atoms with Gasteiger partial charge in [-0.15, -0.1) is 0 Å². The largest absolute Gasteiger partial charge is 0.412 e. The fourth-order valence-corrected chi connectivity index (χ4v) is 3.49. The van der Waals surface area contributed by atoms with Gasteiger partial charge in [-0.05, 0) is 37.8 Å². The number of allylic oxidation sites excluding steroid dienone is 6. The normalized spacial score (nSPS) is 25.7. The Hall–Kier alpha value is -1.95. The summed E-state index contributed by atoms with van der Waals surface area (Å²) in [6.45, 7) is 0.674. The molecule has 0 aromatic carbocycles. The highest BCUT2D eigenvalue weighted by molar-refractivity contribution is 6.04. The standard InChI is InChI=1S/C20H21F3O3/c21-20(22,23)16-5-1-3-14(11-16)17(24)8-9-18(25)15-7-6-13-4-2-10-26-19(13)12-15/h3,6-7,11-13,19H,1-2,4-5,8-10H2. The first-order chi connectivity index (χ1) is 12.3. The first kappa shape index (κ1) is 18.8. The van der Waals surface area contributed by atoms with Crippen molar-refractivity contribution in [2.24, 2.45) is 5.92 Å². The van der Waals surface area contributed by atoms with Gasteiger partial charge in [0.15, 0.2) is 11.6 Å². The highest BCUT2D eigenvalue weighted by Gasteiger charge is 2.34. The van der Waals surface area contributed by atoms with Crippen LogP contribution in [0.15, 0.2) is 47.1 Å². The Morgan fingerprint density at radius 1 is 1.15 bits per heavy atom. The number of rotatable bonds is 5. The van der Waals surface area contributed by atoms with Gasteiger partial charge in [0.1, 0.15) is 0 Å². The number of carbonyl (C=O) groups is 2. The predicted molar refractivity (Wildman–Crippen MR) is 90.4 cm³/mol. The third kappa shape index (κ3) is 4.41. The van der Waals surface area contributed by atoms with Crippen molar-refractivity contribution in [3.63, 3.8) is 0 Å². The van der Waals surface area contributed by atoms with Gasteiger partial charge in [0.25, 0.3) is 0 Å². The smallest absolute Gasteiger partial charge is 0.374 e. The molecule has 1 heterocycles. The van der Waals surface area contributed by atoms with E-state index >= 15 is 0 Å². The van der Waals surface area contributed by atoms with Crippen molar-refractivity contribution >= 4 is 11.6 Å². The molecule has 0 aromatic rings. The van der Waals surface area contributed by atoms with Gasteiger partial charge in [0.05, 0.1) is 6.10 Å². The zero-order valence-corrected chi connectivity index (χ0v) is 14.3. The molecule has 0 bridgehead atoms. The van der Waals surface area contributed by atoms with Gasteiger partial charge in [0, 0.05) is 42.1 Å². The summed E-state index contributed by atoms with van der Waals surface area (Å²) in [5, 5.41) is 0. The van der Waals surface area contributed by atoms with Crippen LogP contribution in [0.25, 0.3) is 0 Å². The van der Waals surface area contributed by atoms with Crippen LogP contribution in [0.3, 0.4) is 0 Å². The number of alkyl halides is 3. The summed E-state index contributed by atoms with van der Waals surface area (Å²) in [5.74, 6) is -0.314. The lowest BCUT2D eigenvalue weighted by Gasteiger charge is -2.30. The van der Waals surface area contributed by atoms with Crippen molar-refractivity contribution in [2.75, 3.05) is 6.61 Å². The second-order valence-corrected chi connectivity index (χ2v) is 6.83. The summed E-state index contributed by atoms with van der Waals surface area (Å²) in [5.41, 5.74) is -0.113. The van der Waals surface area contributed by atoms with Gasteiger partial charge in [0.2, 0.25) is 0 Å². The van der Waals surface area contributed by atoms with E-state index in [1.807, 2.05) is 6.08 Å². The van der Waals surface area contributed by atoms with Gasteiger partial charge in [-0.3, -0.25) is 9.59 Å². The van der Waals surface area contributed by atoms with E-state index in [9.17, 15) is 22.8 Å². The van der Waals surface area contributed by atoms with E-state index in [0.29, 0.717) is 18.1 Å². The van der Waals surface area contributed by atoms with Crippen molar-refractivity contribution in [1.29, 1.82) is 0 Å². The van der Waals surface area contributed by atoms with E-state index in [1.165, 1.54) is 6.08 Å². The number of hydrogen-bond acceptors (Lipinski definition) is 3. The Balaban J connectivity index is 1.57. The summed E-state index contributed by atoms with van der Waals surface area (Å²) < 4.78 is 44.0. The number of hydrogen-bond donors (Lipinski definition) is 0. The highest BCUT2D eigenvalue weighted by Crippen LogP contribution is 2.33. The average molecular weight is 366 g/mol. The molecule has 0 saturated carbocycles. The number of halogens is 3. The Morgan fingerprint density at radius 3 is 2.62 bits per heavy atom. The van der Waals surface area contributed by atoms with Gasteiger partial charge >= 0.3 is 6.18 Å². The van der Waals surface area contributed by atoms with E-state index in [4.69, 9.17) is 4.74 Å². The molecule has 3 rings (SSSR count). The van der Waals surface area contributed by atoms with Crippen LogP contribution < -0.4 is 0 Å². The van der Waals surface area contributed by atoms with Gasteiger partial charge in [-0.1, -0.05) is 18.2 Å². The zero-order valence-electron chi connectivity index (χ0n) is 14.3. The van der Waals surface area contributed by atoms with Crippen molar-refractivity contribution in [2.45, 2.75) is 50.8 Å². The molecular formula is C20H21F3O3. The lowest BCUT2D eigenvalue weighted by molar-refractivity contribution is -0.120. The molecular weight excluding hydrogens is 345 g/mol. The molecule has 1 fully saturated rings. The summed E-state index contributed by atoms with van der Waals surface area (Å²) in [6, 6.07) is 0. The maximum absolute atomic E-state index is 12.8. The molecule has 0 amide bonds. The van der Waals surface area contributed by atoms with Gasteiger partial charge in [-0.25, -0.2) is 0 Å². The molecule has 1 saturated heterocycles. The topological polar surface area (TPSA) is 43.4 Å². The van der Waals surface area contributed by atoms with Gasteiger partial charge < -0.3 is 4.74 Å². The fraction of sp³-hybridized carbons (Fsp3) is 0.500. The molecule has 2 aliphatic carbocycles. The molecule has 6 heteroatoms. The number of fused-ring (bicyclic) bond motifs is 1. The van der Waals surface area contributed by atoms with Crippen LogP contribution in [0.4, 0.5) is 13.2 Å². The number of ketones is 2. The second kappa shape index (κ2) is 7.74. The van der Waals surface area contributed by atoms with Crippen LogP contribution >= 0.6 is 0 Å². The predicted octanol–water partition coefficient (Wildman–Crippen LogP) is 4.41. The third-order valence-electron chi connectivity index (χ3n) is 4.98. The molecule has 140 valence electrons. The molecule has 2 atom stereocenters. The minimum atomic E-state index is -4.41. The number of Topliss-reactive ketones (excluding diaryl/α,β-unsaturated/α-hetero) is 2. The molecule has 3 aliphatic rings. The van der Waals surface area contributed by atoms with Crippen molar-refractivity contribution in [3.8, 4) is 0 Å². The molecule has 3 nitrogen and oxygen atoms in total. The Morgan fingerprint density at radius 2 is 1.88 bits per heavy atom. The van der Waals surface area contributed by atoms with Crippen LogP contribution in [0.5, 0.6) is 0 Å². The molecule has 0 N–H and O–H groups in total. The molecule has 1 aliphatic heterocycles. The Labute approximate surface area is 150 Å². The average Bonchev–Trinajstić information content (AvgIpc) is 2.64. The maximum atomic E-state index is 12.8. The van der Waals surface area contributed by atoms with E-state index in [1.54, 1.807) is 12.2 Å². The zero-order chi connectivity index (χ0) is 18.7. The van der Waals surface area contributed by atoms with Crippen molar-refractivity contribution < 1.29 is 27.5 Å². The maximum Gasteiger partial charge on any atom is 0.412 e. The molecule has 26 heavy (non-hydrogen) atoms. The lowest BCUT2D eigenvalue weighted by Crippen LogP contribution is -2.29. The van der Waals surface area contributed by atoms with Crippen LogP contribution in [0.2, 0.25) is 0 Å². The SMILES string of the molecule is O=C(CCC(=O)C1=CC2OCCCC2C=C1)C1=CCCC(C(F)(F)F)=C1. The van der Waals surface area contributed by atoms with Crippen molar-refractivity contribution in [1.82, 2.24) is 0 Å². The monoisotopic (exact) mass is 366 g/mol.